The molecule has 7 rings (SSSR count). The molecular formula is C32H34N6O2. The molecule has 1 aromatic carbocycles. The average molecular weight is 535 g/mol. The Labute approximate surface area is 234 Å². The molecule has 2 saturated heterocycles. The van der Waals surface area contributed by atoms with Crippen LogP contribution in [0.1, 0.15) is 48.0 Å². The van der Waals surface area contributed by atoms with Gasteiger partial charge in [0.25, 0.3) is 0 Å². The number of nitrogens with zero attached hydrogens (tertiary/aromatic N) is 6. The molecule has 2 aliphatic heterocycles. The van der Waals surface area contributed by atoms with E-state index in [1.807, 2.05) is 37.4 Å². The molecule has 1 atom stereocenters. The average Bonchev–Trinajstić information content (AvgIpc) is 3.30. The van der Waals surface area contributed by atoms with E-state index in [1.54, 1.807) is 0 Å². The lowest BCUT2D eigenvalue weighted by Gasteiger charge is -2.32. The van der Waals surface area contributed by atoms with E-state index < -0.39 is 0 Å². The molecule has 0 amide bonds. The lowest BCUT2D eigenvalue weighted by atomic mass is 9.93. The van der Waals surface area contributed by atoms with Crippen LogP contribution in [0.4, 0.5) is 0 Å². The topological polar surface area (TPSA) is 78.2 Å². The molecular weight excluding hydrogens is 500 g/mol. The molecule has 2 aliphatic rings. The van der Waals surface area contributed by atoms with Gasteiger partial charge in [0.1, 0.15) is 17.9 Å². The van der Waals surface area contributed by atoms with Crippen LogP contribution in [-0.2, 0) is 24.4 Å². The maximum Gasteiger partial charge on any atom is 0.213 e. The molecule has 0 radical (unpaired) electrons. The van der Waals surface area contributed by atoms with E-state index in [4.69, 9.17) is 24.4 Å². The van der Waals surface area contributed by atoms with Crippen LogP contribution in [0.15, 0.2) is 66.9 Å². The number of ether oxygens (including phenoxy) is 2. The van der Waals surface area contributed by atoms with Gasteiger partial charge in [-0.15, -0.1) is 0 Å². The van der Waals surface area contributed by atoms with Gasteiger partial charge >= 0.3 is 0 Å². The van der Waals surface area contributed by atoms with Crippen LogP contribution in [-0.4, -0.2) is 55.2 Å². The van der Waals surface area contributed by atoms with E-state index in [2.05, 4.69) is 50.8 Å². The lowest BCUT2D eigenvalue weighted by Crippen LogP contribution is -2.35. The van der Waals surface area contributed by atoms with E-state index >= 15 is 0 Å². The van der Waals surface area contributed by atoms with Crippen molar-refractivity contribution in [1.82, 2.24) is 29.4 Å². The summed E-state index contributed by atoms with van der Waals surface area (Å²) in [5, 5.41) is 1.12. The minimum Gasteiger partial charge on any atom is -0.473 e. The minimum atomic E-state index is 0.265. The first-order valence-corrected chi connectivity index (χ1v) is 14.3. The first kappa shape index (κ1) is 25.1. The number of rotatable bonds is 8. The first-order valence-electron chi connectivity index (χ1n) is 14.3. The summed E-state index contributed by atoms with van der Waals surface area (Å²) in [5.74, 6) is 2.17. The van der Waals surface area contributed by atoms with Crippen molar-refractivity contribution in [3.05, 3.63) is 89.6 Å². The van der Waals surface area contributed by atoms with Gasteiger partial charge in [-0.1, -0.05) is 30.3 Å². The van der Waals surface area contributed by atoms with Crippen LogP contribution < -0.4 is 4.74 Å². The molecule has 5 aromatic rings. The Morgan fingerprint density at radius 3 is 2.62 bits per heavy atom. The zero-order valence-corrected chi connectivity index (χ0v) is 22.9. The summed E-state index contributed by atoms with van der Waals surface area (Å²) in [5.41, 5.74) is 6.12. The van der Waals surface area contributed by atoms with Crippen molar-refractivity contribution in [3.63, 3.8) is 0 Å². The SMILES string of the molecule is Cc1ccc2nc(CN3CCC(c4cccc(OCc5cccc6cccnc56)n4)CC3)n(CC3CCO3)c2n1. The Morgan fingerprint density at radius 1 is 0.925 bits per heavy atom. The summed E-state index contributed by atoms with van der Waals surface area (Å²) in [4.78, 5) is 21.7. The van der Waals surface area contributed by atoms with E-state index in [1.165, 1.54) is 0 Å². The van der Waals surface area contributed by atoms with E-state index in [-0.39, 0.29) is 6.10 Å². The molecule has 0 saturated carbocycles. The highest BCUT2D eigenvalue weighted by Crippen LogP contribution is 2.30. The van der Waals surface area contributed by atoms with Gasteiger partial charge in [-0.3, -0.25) is 9.88 Å². The van der Waals surface area contributed by atoms with E-state index in [0.29, 0.717) is 18.4 Å². The van der Waals surface area contributed by atoms with E-state index in [9.17, 15) is 0 Å². The molecule has 2 fully saturated rings. The predicted molar refractivity (Wildman–Crippen MR) is 154 cm³/mol. The molecule has 0 spiro atoms. The summed E-state index contributed by atoms with van der Waals surface area (Å²) in [6.07, 6.45) is 5.32. The highest BCUT2D eigenvalue weighted by Gasteiger charge is 2.26. The van der Waals surface area contributed by atoms with Crippen molar-refractivity contribution >= 4 is 22.1 Å². The summed E-state index contributed by atoms with van der Waals surface area (Å²) in [7, 11) is 0. The van der Waals surface area contributed by atoms with Crippen LogP contribution in [0, 0.1) is 6.92 Å². The maximum absolute atomic E-state index is 6.14. The van der Waals surface area contributed by atoms with Gasteiger partial charge in [0.05, 0.1) is 24.7 Å². The monoisotopic (exact) mass is 534 g/mol. The summed E-state index contributed by atoms with van der Waals surface area (Å²) >= 11 is 0. The molecule has 204 valence electrons. The summed E-state index contributed by atoms with van der Waals surface area (Å²) in [6, 6.07) is 20.5. The van der Waals surface area contributed by atoms with Gasteiger partial charge in [0.15, 0.2) is 5.65 Å². The number of likely N-dealkylation sites (tertiary alicyclic amines) is 1. The molecule has 40 heavy (non-hydrogen) atoms. The van der Waals surface area contributed by atoms with Gasteiger partial charge in [-0.2, -0.15) is 0 Å². The molecule has 4 aromatic heterocycles. The van der Waals surface area contributed by atoms with Gasteiger partial charge < -0.3 is 14.0 Å². The van der Waals surface area contributed by atoms with Gasteiger partial charge in [0.2, 0.25) is 5.88 Å². The Bertz CT molecular complexity index is 1630. The fourth-order valence-electron chi connectivity index (χ4n) is 5.85. The number of imidazole rings is 1. The van der Waals surface area contributed by atoms with Gasteiger partial charge in [-0.05, 0) is 63.5 Å². The summed E-state index contributed by atoms with van der Waals surface area (Å²) < 4.78 is 14.2. The Balaban J connectivity index is 1.00. The standard InChI is InChI=1S/C32H34N6O2/c1-22-10-11-28-32(34-22)38(19-26-14-18-39-26)29(35-28)20-37-16-12-23(13-17-37)27-8-3-9-30(36-27)40-21-25-6-2-5-24-7-4-15-33-31(24)25/h2-11,15,23,26H,12-14,16-21H2,1H3. The quantitative estimate of drug-likeness (QED) is 0.263. The fourth-order valence-corrected chi connectivity index (χ4v) is 5.85. The van der Waals surface area contributed by atoms with Crippen molar-refractivity contribution in [1.29, 1.82) is 0 Å². The van der Waals surface area contributed by atoms with Crippen molar-refractivity contribution in [2.24, 2.45) is 0 Å². The number of aromatic nitrogens is 5. The molecule has 8 nitrogen and oxygen atoms in total. The number of hydrogen-bond acceptors (Lipinski definition) is 7. The van der Waals surface area contributed by atoms with Gasteiger partial charge in [-0.25, -0.2) is 15.0 Å². The van der Waals surface area contributed by atoms with Crippen molar-refractivity contribution in [3.8, 4) is 5.88 Å². The number of pyridine rings is 3. The molecule has 8 heteroatoms. The van der Waals surface area contributed by atoms with Crippen molar-refractivity contribution < 1.29 is 9.47 Å². The number of benzene rings is 1. The Hall–Kier alpha value is -3.88. The molecule has 0 aliphatic carbocycles. The zero-order chi connectivity index (χ0) is 26.9. The minimum absolute atomic E-state index is 0.265. The van der Waals surface area contributed by atoms with Crippen molar-refractivity contribution in [2.45, 2.75) is 57.9 Å². The number of hydrogen-bond donors (Lipinski definition) is 0. The Morgan fingerprint density at radius 2 is 1.77 bits per heavy atom. The zero-order valence-electron chi connectivity index (χ0n) is 22.9. The number of para-hydroxylation sites is 1. The van der Waals surface area contributed by atoms with Crippen LogP contribution >= 0.6 is 0 Å². The molecule has 6 heterocycles. The number of fused-ring (bicyclic) bond motifs is 2. The van der Waals surface area contributed by atoms with Crippen LogP contribution in [0.2, 0.25) is 0 Å². The smallest absolute Gasteiger partial charge is 0.213 e. The van der Waals surface area contributed by atoms with Crippen LogP contribution in [0.5, 0.6) is 5.88 Å². The summed E-state index contributed by atoms with van der Waals surface area (Å²) in [6.45, 7) is 7.01. The molecule has 1 unspecified atom stereocenters. The largest absolute Gasteiger partial charge is 0.473 e. The third-order valence-electron chi connectivity index (χ3n) is 8.20. The second-order valence-electron chi connectivity index (χ2n) is 10.9. The van der Waals surface area contributed by atoms with Crippen LogP contribution in [0.25, 0.3) is 22.1 Å². The second kappa shape index (κ2) is 10.9. The normalized spacial score (nSPS) is 18.3. The highest BCUT2D eigenvalue weighted by atomic mass is 16.5. The molecule has 0 bridgehead atoms. The highest BCUT2D eigenvalue weighted by molar-refractivity contribution is 5.81. The third-order valence-corrected chi connectivity index (χ3v) is 8.20. The second-order valence-corrected chi connectivity index (χ2v) is 10.9. The Kier molecular flexibility index (Phi) is 6.87. The van der Waals surface area contributed by atoms with E-state index in [0.717, 1.165) is 96.9 Å². The molecule has 0 N–H and O–H groups in total. The number of aryl methyl sites for hydroxylation is 1. The lowest BCUT2D eigenvalue weighted by molar-refractivity contribution is -0.0593. The third kappa shape index (κ3) is 5.17. The van der Waals surface area contributed by atoms with Crippen molar-refractivity contribution in [2.75, 3.05) is 19.7 Å². The predicted octanol–water partition coefficient (Wildman–Crippen LogP) is 5.43. The first-order chi connectivity index (χ1) is 19.7. The fraction of sp³-hybridized carbons (Fsp3) is 0.375. The van der Waals surface area contributed by atoms with Gasteiger partial charge in [0, 0.05) is 47.1 Å². The number of piperidine rings is 1. The van der Waals surface area contributed by atoms with Crippen LogP contribution in [0.3, 0.4) is 0 Å². The maximum atomic E-state index is 6.14.